The van der Waals surface area contributed by atoms with Gasteiger partial charge in [0.15, 0.2) is 0 Å². The first kappa shape index (κ1) is 14.3. The van der Waals surface area contributed by atoms with Gasteiger partial charge in [0.05, 0.1) is 17.8 Å². The molecule has 1 aromatic rings. The summed E-state index contributed by atoms with van der Waals surface area (Å²) in [6, 6.07) is 2.29. The van der Waals surface area contributed by atoms with Crippen LogP contribution in [0.25, 0.3) is 0 Å². The number of carboxylic acid groups (broad SMARTS) is 1. The fourth-order valence-electron chi connectivity index (χ4n) is 1.48. The predicted molar refractivity (Wildman–Crippen MR) is 56.2 cm³/mol. The molecule has 100 valence electrons. The van der Waals surface area contributed by atoms with E-state index in [-0.39, 0.29) is 5.69 Å². The number of nitrogens with zero attached hydrogens (tertiary/aromatic N) is 1. The van der Waals surface area contributed by atoms with Crippen LogP contribution in [0.3, 0.4) is 0 Å². The summed E-state index contributed by atoms with van der Waals surface area (Å²) in [5, 5.41) is 8.96. The van der Waals surface area contributed by atoms with Crippen molar-refractivity contribution in [1.82, 2.24) is 4.98 Å². The molecule has 1 atom stereocenters. The minimum absolute atomic E-state index is 0.221. The summed E-state index contributed by atoms with van der Waals surface area (Å²) in [6.07, 6.45) is -2.89. The van der Waals surface area contributed by atoms with Crippen LogP contribution in [0.2, 0.25) is 0 Å². The fourth-order valence-corrected chi connectivity index (χ4v) is 1.48. The van der Waals surface area contributed by atoms with E-state index in [0.29, 0.717) is 12.8 Å². The van der Waals surface area contributed by atoms with Gasteiger partial charge in [-0.15, -0.1) is 13.2 Å². The van der Waals surface area contributed by atoms with Crippen molar-refractivity contribution < 1.29 is 27.8 Å². The highest BCUT2D eigenvalue weighted by Crippen LogP contribution is 2.25. The van der Waals surface area contributed by atoms with Crippen molar-refractivity contribution in [3.63, 3.8) is 0 Å². The van der Waals surface area contributed by atoms with E-state index in [0.717, 1.165) is 12.3 Å². The molecule has 0 saturated carbocycles. The average molecular weight is 263 g/mol. The molecule has 0 fully saturated rings. The summed E-state index contributed by atoms with van der Waals surface area (Å²) < 4.78 is 39.4. The van der Waals surface area contributed by atoms with E-state index in [4.69, 9.17) is 5.11 Å². The number of hydrogen-bond acceptors (Lipinski definition) is 3. The van der Waals surface area contributed by atoms with E-state index >= 15 is 0 Å². The van der Waals surface area contributed by atoms with Gasteiger partial charge in [0.2, 0.25) is 0 Å². The van der Waals surface area contributed by atoms with Gasteiger partial charge in [-0.3, -0.25) is 9.78 Å². The Labute approximate surface area is 101 Å². The summed E-state index contributed by atoms with van der Waals surface area (Å²) in [4.78, 5) is 14.6. The SMILES string of the molecule is CCCC(C(=O)O)c1ccc(OC(F)(F)F)cn1. The van der Waals surface area contributed by atoms with E-state index in [1.165, 1.54) is 6.07 Å². The van der Waals surface area contributed by atoms with Crippen molar-refractivity contribution >= 4 is 5.97 Å². The highest BCUT2D eigenvalue weighted by atomic mass is 19.4. The van der Waals surface area contributed by atoms with Crippen molar-refractivity contribution in [2.24, 2.45) is 0 Å². The second-order valence-corrected chi connectivity index (χ2v) is 3.65. The number of rotatable bonds is 5. The summed E-state index contributed by atoms with van der Waals surface area (Å²) in [7, 11) is 0. The van der Waals surface area contributed by atoms with Crippen molar-refractivity contribution in [3.05, 3.63) is 24.0 Å². The topological polar surface area (TPSA) is 59.4 Å². The Bertz CT molecular complexity index is 403. The molecule has 0 amide bonds. The molecule has 1 aromatic heterocycles. The van der Waals surface area contributed by atoms with Crippen LogP contribution in [0.5, 0.6) is 5.75 Å². The first-order valence-electron chi connectivity index (χ1n) is 5.28. The van der Waals surface area contributed by atoms with Gasteiger partial charge in [-0.25, -0.2) is 0 Å². The first-order chi connectivity index (χ1) is 8.33. The normalized spacial score (nSPS) is 13.1. The lowest BCUT2D eigenvalue weighted by atomic mass is 9.99. The minimum Gasteiger partial charge on any atom is -0.481 e. The summed E-state index contributed by atoms with van der Waals surface area (Å²) in [5.74, 6) is -2.32. The monoisotopic (exact) mass is 263 g/mol. The number of aliphatic carboxylic acids is 1. The summed E-state index contributed by atoms with van der Waals surface area (Å²) >= 11 is 0. The number of alkyl halides is 3. The molecular formula is C11H12F3NO3. The molecule has 0 aliphatic heterocycles. The number of carbonyl (C=O) groups is 1. The highest BCUT2D eigenvalue weighted by molar-refractivity contribution is 5.75. The highest BCUT2D eigenvalue weighted by Gasteiger charge is 2.31. The minimum atomic E-state index is -4.78. The van der Waals surface area contributed by atoms with Gasteiger partial charge in [-0.1, -0.05) is 13.3 Å². The third-order valence-corrected chi connectivity index (χ3v) is 2.23. The molecular weight excluding hydrogens is 251 g/mol. The predicted octanol–water partition coefficient (Wildman–Crippen LogP) is 2.95. The number of halogens is 3. The molecule has 1 unspecified atom stereocenters. The molecule has 18 heavy (non-hydrogen) atoms. The van der Waals surface area contributed by atoms with Crippen LogP contribution in [0.1, 0.15) is 31.4 Å². The van der Waals surface area contributed by atoms with E-state index in [1.54, 1.807) is 0 Å². The van der Waals surface area contributed by atoms with Crippen molar-refractivity contribution in [3.8, 4) is 5.75 Å². The van der Waals surface area contributed by atoms with Gasteiger partial charge >= 0.3 is 12.3 Å². The second kappa shape index (κ2) is 5.70. The first-order valence-corrected chi connectivity index (χ1v) is 5.28. The largest absolute Gasteiger partial charge is 0.573 e. The van der Waals surface area contributed by atoms with Gasteiger partial charge in [0, 0.05) is 0 Å². The van der Waals surface area contributed by atoms with Crippen LogP contribution in [-0.4, -0.2) is 22.4 Å². The lowest BCUT2D eigenvalue weighted by Gasteiger charge is -2.12. The van der Waals surface area contributed by atoms with E-state index in [2.05, 4.69) is 9.72 Å². The van der Waals surface area contributed by atoms with Crippen molar-refractivity contribution in [2.75, 3.05) is 0 Å². The van der Waals surface area contributed by atoms with Crippen LogP contribution in [-0.2, 0) is 4.79 Å². The molecule has 0 aliphatic carbocycles. The molecule has 1 heterocycles. The molecule has 1 rings (SSSR count). The number of hydrogen-bond donors (Lipinski definition) is 1. The maximum atomic E-state index is 11.9. The zero-order chi connectivity index (χ0) is 13.8. The van der Waals surface area contributed by atoms with E-state index < -0.39 is 24.0 Å². The van der Waals surface area contributed by atoms with E-state index in [1.807, 2.05) is 6.92 Å². The zero-order valence-electron chi connectivity index (χ0n) is 9.57. The smallest absolute Gasteiger partial charge is 0.481 e. The Morgan fingerprint density at radius 3 is 2.56 bits per heavy atom. The molecule has 0 aromatic carbocycles. The molecule has 0 spiro atoms. The van der Waals surface area contributed by atoms with Gasteiger partial charge < -0.3 is 9.84 Å². The van der Waals surface area contributed by atoms with Crippen LogP contribution in [0.4, 0.5) is 13.2 Å². The Morgan fingerprint density at radius 1 is 1.50 bits per heavy atom. The molecule has 0 saturated heterocycles. The second-order valence-electron chi connectivity index (χ2n) is 3.65. The Morgan fingerprint density at radius 2 is 2.17 bits per heavy atom. The lowest BCUT2D eigenvalue weighted by Crippen LogP contribution is -2.18. The summed E-state index contributed by atoms with van der Waals surface area (Å²) in [6.45, 7) is 1.82. The third-order valence-electron chi connectivity index (χ3n) is 2.23. The maximum Gasteiger partial charge on any atom is 0.573 e. The number of pyridine rings is 1. The molecule has 7 heteroatoms. The molecule has 1 N–H and O–H groups in total. The fraction of sp³-hybridized carbons (Fsp3) is 0.455. The van der Waals surface area contributed by atoms with Gasteiger partial charge in [-0.05, 0) is 18.6 Å². The van der Waals surface area contributed by atoms with Gasteiger partial charge in [0.1, 0.15) is 5.75 Å². The average Bonchev–Trinajstić information content (AvgIpc) is 2.25. The van der Waals surface area contributed by atoms with Crippen LogP contribution in [0, 0.1) is 0 Å². The van der Waals surface area contributed by atoms with Crippen LogP contribution >= 0.6 is 0 Å². The number of aromatic nitrogens is 1. The molecule has 0 radical (unpaired) electrons. The van der Waals surface area contributed by atoms with Crippen LogP contribution < -0.4 is 4.74 Å². The number of ether oxygens (including phenoxy) is 1. The molecule has 0 bridgehead atoms. The van der Waals surface area contributed by atoms with Crippen molar-refractivity contribution in [2.45, 2.75) is 32.0 Å². The Kier molecular flexibility index (Phi) is 4.52. The van der Waals surface area contributed by atoms with Gasteiger partial charge in [-0.2, -0.15) is 0 Å². The maximum absolute atomic E-state index is 11.9. The van der Waals surface area contributed by atoms with Crippen LogP contribution in [0.15, 0.2) is 18.3 Å². The molecule has 0 aliphatic rings. The Balaban J connectivity index is 2.83. The lowest BCUT2D eigenvalue weighted by molar-refractivity contribution is -0.274. The standard InChI is InChI=1S/C11H12F3NO3/c1-2-3-8(10(16)17)9-5-4-7(6-15-9)18-11(12,13)14/h4-6,8H,2-3H2,1H3,(H,16,17). The zero-order valence-corrected chi connectivity index (χ0v) is 9.57. The molecule has 4 nitrogen and oxygen atoms in total. The van der Waals surface area contributed by atoms with Gasteiger partial charge in [0.25, 0.3) is 0 Å². The quantitative estimate of drug-likeness (QED) is 0.887. The summed E-state index contributed by atoms with van der Waals surface area (Å²) in [5.41, 5.74) is 0.221. The number of carboxylic acids is 1. The van der Waals surface area contributed by atoms with E-state index in [9.17, 15) is 18.0 Å². The third kappa shape index (κ3) is 4.23. The van der Waals surface area contributed by atoms with Crippen molar-refractivity contribution in [1.29, 1.82) is 0 Å². The Hall–Kier alpha value is -1.79.